The molecule has 0 radical (unpaired) electrons. The fraction of sp³-hybridized carbons (Fsp3) is 0.125. The zero-order valence-corrected chi connectivity index (χ0v) is 18.3. The molecule has 4 heterocycles. The standard InChI is InChI=1S/C24H20N6O2S/c31-30(32)19-6-3-5-18(15-19)28-14-4-8-21(28)23-22(20-7-1-2-11-26-20)27-24(33)29(23)16-17-9-12-25-13-10-17/h1-15,22-23H,16H2,(H,27,33)/t22-,23-/m1/s1. The lowest BCUT2D eigenvalue weighted by atomic mass is 10.0. The molecule has 1 aliphatic heterocycles. The number of hydrogen-bond acceptors (Lipinski definition) is 5. The Bertz CT molecular complexity index is 1290. The number of benzene rings is 1. The van der Waals surface area contributed by atoms with Crippen molar-refractivity contribution in [1.29, 1.82) is 0 Å². The van der Waals surface area contributed by atoms with Crippen LogP contribution in [-0.4, -0.2) is 29.5 Å². The maximum atomic E-state index is 11.3. The van der Waals surface area contributed by atoms with E-state index in [2.05, 4.69) is 20.2 Å². The molecule has 0 saturated carbocycles. The van der Waals surface area contributed by atoms with E-state index >= 15 is 0 Å². The van der Waals surface area contributed by atoms with Crippen LogP contribution >= 0.6 is 12.2 Å². The van der Waals surface area contributed by atoms with Gasteiger partial charge in [-0.1, -0.05) is 12.1 Å². The molecule has 3 aromatic heterocycles. The van der Waals surface area contributed by atoms with Gasteiger partial charge in [0.2, 0.25) is 0 Å². The van der Waals surface area contributed by atoms with Crippen molar-refractivity contribution in [1.82, 2.24) is 24.8 Å². The summed E-state index contributed by atoms with van der Waals surface area (Å²) in [7, 11) is 0. The average molecular weight is 457 g/mol. The van der Waals surface area contributed by atoms with E-state index in [0.29, 0.717) is 17.3 Å². The number of thiocarbonyl (C=S) groups is 1. The Hall–Kier alpha value is -4.11. The maximum Gasteiger partial charge on any atom is 0.271 e. The highest BCUT2D eigenvalue weighted by atomic mass is 32.1. The first-order valence-electron chi connectivity index (χ1n) is 10.4. The summed E-state index contributed by atoms with van der Waals surface area (Å²) in [6, 6.07) is 20.0. The van der Waals surface area contributed by atoms with Crippen LogP contribution in [0.5, 0.6) is 0 Å². The molecular weight excluding hydrogens is 436 g/mol. The van der Waals surface area contributed by atoms with Gasteiger partial charge in [-0.25, -0.2) is 0 Å². The highest BCUT2D eigenvalue weighted by molar-refractivity contribution is 7.80. The first kappa shape index (κ1) is 20.8. The number of non-ortho nitro benzene ring substituents is 1. The van der Waals surface area contributed by atoms with Gasteiger partial charge in [-0.2, -0.15) is 0 Å². The van der Waals surface area contributed by atoms with Gasteiger partial charge in [-0.3, -0.25) is 20.1 Å². The fourth-order valence-electron chi connectivity index (χ4n) is 4.21. The normalized spacial score (nSPS) is 17.7. The van der Waals surface area contributed by atoms with Crippen LogP contribution < -0.4 is 5.32 Å². The van der Waals surface area contributed by atoms with Gasteiger partial charge >= 0.3 is 0 Å². The minimum atomic E-state index is -0.384. The van der Waals surface area contributed by atoms with Crippen molar-refractivity contribution in [2.45, 2.75) is 18.6 Å². The van der Waals surface area contributed by atoms with Gasteiger partial charge in [0, 0.05) is 49.2 Å². The molecule has 8 nitrogen and oxygen atoms in total. The van der Waals surface area contributed by atoms with Gasteiger partial charge in [-0.15, -0.1) is 0 Å². The second-order valence-corrected chi connectivity index (χ2v) is 8.08. The quantitative estimate of drug-likeness (QED) is 0.262. The number of nitrogens with one attached hydrogen (secondary N) is 1. The lowest BCUT2D eigenvalue weighted by Crippen LogP contribution is -2.30. The molecule has 33 heavy (non-hydrogen) atoms. The summed E-state index contributed by atoms with van der Waals surface area (Å²) in [6.45, 7) is 0.586. The van der Waals surface area contributed by atoms with Gasteiger partial charge in [0.15, 0.2) is 5.11 Å². The van der Waals surface area contributed by atoms with E-state index in [1.807, 2.05) is 59.3 Å². The summed E-state index contributed by atoms with van der Waals surface area (Å²) < 4.78 is 1.97. The Morgan fingerprint density at radius 2 is 1.88 bits per heavy atom. The van der Waals surface area contributed by atoms with E-state index in [-0.39, 0.29) is 22.7 Å². The molecule has 0 amide bonds. The number of rotatable bonds is 6. The minimum absolute atomic E-state index is 0.0436. The zero-order valence-electron chi connectivity index (χ0n) is 17.5. The molecule has 4 aromatic rings. The van der Waals surface area contributed by atoms with E-state index in [1.165, 1.54) is 6.07 Å². The van der Waals surface area contributed by atoms with E-state index < -0.39 is 0 Å². The monoisotopic (exact) mass is 456 g/mol. The van der Waals surface area contributed by atoms with Crippen molar-refractivity contribution >= 4 is 23.0 Å². The van der Waals surface area contributed by atoms with Gasteiger partial charge in [0.1, 0.15) is 0 Å². The van der Waals surface area contributed by atoms with Crippen molar-refractivity contribution < 1.29 is 4.92 Å². The minimum Gasteiger partial charge on any atom is -0.352 e. The molecule has 0 aliphatic carbocycles. The molecule has 9 heteroatoms. The predicted octanol–water partition coefficient (Wildman–Crippen LogP) is 4.35. The molecule has 1 fully saturated rings. The highest BCUT2D eigenvalue weighted by Crippen LogP contribution is 2.40. The Kier molecular flexibility index (Phi) is 5.54. The molecule has 2 atom stereocenters. The number of pyridine rings is 2. The van der Waals surface area contributed by atoms with Crippen LogP contribution in [0, 0.1) is 10.1 Å². The molecule has 0 spiro atoms. The van der Waals surface area contributed by atoms with E-state index in [1.54, 1.807) is 30.7 Å². The lowest BCUT2D eigenvalue weighted by molar-refractivity contribution is -0.384. The fourth-order valence-corrected chi connectivity index (χ4v) is 4.51. The summed E-state index contributed by atoms with van der Waals surface area (Å²) in [6.07, 6.45) is 7.20. The second kappa shape index (κ2) is 8.79. The SMILES string of the molecule is O=[N+]([O-])c1cccc(-n2cccc2[C@@H]2[C@@H](c3ccccn3)NC(=S)N2Cc2ccncc2)c1. The van der Waals surface area contributed by atoms with Crippen LogP contribution in [-0.2, 0) is 6.54 Å². The highest BCUT2D eigenvalue weighted by Gasteiger charge is 2.41. The van der Waals surface area contributed by atoms with Gasteiger partial charge < -0.3 is 14.8 Å². The van der Waals surface area contributed by atoms with E-state index in [9.17, 15) is 10.1 Å². The van der Waals surface area contributed by atoms with Gasteiger partial charge in [-0.05, 0) is 60.2 Å². The number of hydrogen-bond donors (Lipinski definition) is 1. The summed E-state index contributed by atoms with van der Waals surface area (Å²) in [4.78, 5) is 21.8. The van der Waals surface area contributed by atoms with Crippen molar-refractivity contribution in [3.8, 4) is 5.69 Å². The Morgan fingerprint density at radius 3 is 2.64 bits per heavy atom. The summed E-state index contributed by atoms with van der Waals surface area (Å²) in [5.74, 6) is 0. The molecule has 5 rings (SSSR count). The molecule has 0 unspecified atom stereocenters. The van der Waals surface area contributed by atoms with Crippen molar-refractivity contribution in [3.05, 3.63) is 119 Å². The third kappa shape index (κ3) is 4.06. The summed E-state index contributed by atoms with van der Waals surface area (Å²) in [5, 5.41) is 15.4. The van der Waals surface area contributed by atoms with Crippen LogP contribution in [0.3, 0.4) is 0 Å². The first-order chi connectivity index (χ1) is 16.1. The van der Waals surface area contributed by atoms with E-state index in [4.69, 9.17) is 12.2 Å². The predicted molar refractivity (Wildman–Crippen MR) is 128 cm³/mol. The number of nitro groups is 1. The molecule has 1 aliphatic rings. The molecular formula is C24H20N6O2S. The maximum absolute atomic E-state index is 11.3. The van der Waals surface area contributed by atoms with Crippen LogP contribution in [0.25, 0.3) is 5.69 Å². The van der Waals surface area contributed by atoms with Crippen LogP contribution in [0.4, 0.5) is 5.69 Å². The van der Waals surface area contributed by atoms with Crippen LogP contribution in [0.1, 0.15) is 29.0 Å². The average Bonchev–Trinajstić information content (AvgIpc) is 3.45. The Balaban J connectivity index is 1.61. The second-order valence-electron chi connectivity index (χ2n) is 7.69. The molecule has 0 bridgehead atoms. The molecule has 1 saturated heterocycles. The van der Waals surface area contributed by atoms with Crippen LogP contribution in [0.2, 0.25) is 0 Å². The Labute approximate surface area is 195 Å². The third-order valence-electron chi connectivity index (χ3n) is 5.70. The number of aromatic nitrogens is 3. The van der Waals surface area contributed by atoms with Crippen LogP contribution in [0.15, 0.2) is 91.5 Å². The van der Waals surface area contributed by atoms with Crippen molar-refractivity contribution in [2.75, 3.05) is 0 Å². The first-order valence-corrected chi connectivity index (χ1v) is 10.8. The Morgan fingerprint density at radius 1 is 1.03 bits per heavy atom. The molecule has 1 aromatic carbocycles. The molecule has 1 N–H and O–H groups in total. The topological polar surface area (TPSA) is 89.1 Å². The third-order valence-corrected chi connectivity index (χ3v) is 6.05. The van der Waals surface area contributed by atoms with Crippen molar-refractivity contribution in [3.63, 3.8) is 0 Å². The number of nitrogens with zero attached hydrogens (tertiary/aromatic N) is 5. The molecule has 164 valence electrons. The lowest BCUT2D eigenvalue weighted by Gasteiger charge is -2.29. The zero-order chi connectivity index (χ0) is 22.8. The number of nitro benzene ring substituents is 1. The van der Waals surface area contributed by atoms with Gasteiger partial charge in [0.05, 0.1) is 28.4 Å². The van der Waals surface area contributed by atoms with Gasteiger partial charge in [0.25, 0.3) is 5.69 Å². The van der Waals surface area contributed by atoms with Crippen molar-refractivity contribution in [2.24, 2.45) is 0 Å². The summed E-state index contributed by atoms with van der Waals surface area (Å²) >= 11 is 5.76. The largest absolute Gasteiger partial charge is 0.352 e. The van der Waals surface area contributed by atoms with E-state index in [0.717, 1.165) is 17.0 Å². The smallest absolute Gasteiger partial charge is 0.271 e. The summed E-state index contributed by atoms with van der Waals surface area (Å²) in [5.41, 5.74) is 3.66.